The van der Waals surface area contributed by atoms with Crippen molar-refractivity contribution >= 4 is 34.5 Å². The number of halogens is 2. The third-order valence-corrected chi connectivity index (χ3v) is 6.73. The van der Waals surface area contributed by atoms with E-state index in [0.29, 0.717) is 5.69 Å². The second-order valence-corrected chi connectivity index (χ2v) is 8.88. The minimum absolute atomic E-state index is 0.144. The summed E-state index contributed by atoms with van der Waals surface area (Å²) in [6, 6.07) is 13.9. The van der Waals surface area contributed by atoms with Crippen LogP contribution in [-0.4, -0.2) is 52.9 Å². The van der Waals surface area contributed by atoms with Gasteiger partial charge >= 0.3 is 0 Å². The van der Waals surface area contributed by atoms with Crippen LogP contribution in [-0.2, 0) is 11.3 Å². The summed E-state index contributed by atoms with van der Waals surface area (Å²) in [6.45, 7) is 6.01. The van der Waals surface area contributed by atoms with Crippen LogP contribution < -0.4 is 5.32 Å². The lowest BCUT2D eigenvalue weighted by molar-refractivity contribution is -0.121. The van der Waals surface area contributed by atoms with Gasteiger partial charge < -0.3 is 5.32 Å². The predicted octanol–water partition coefficient (Wildman–Crippen LogP) is 4.75. The van der Waals surface area contributed by atoms with Crippen molar-refractivity contribution in [2.45, 2.75) is 19.5 Å². The average molecular weight is 459 g/mol. The SMILES string of the molecule is C[C@H](C(=O)Nc1ccc(F)cc1Cl)N1CCN(Cc2csc(-c3ccccc3)n2)CC1. The lowest BCUT2D eigenvalue weighted by Crippen LogP contribution is -2.52. The minimum Gasteiger partial charge on any atom is -0.323 e. The van der Waals surface area contributed by atoms with Crippen LogP contribution in [0.2, 0.25) is 5.02 Å². The zero-order chi connectivity index (χ0) is 21.8. The highest BCUT2D eigenvalue weighted by Gasteiger charge is 2.26. The Morgan fingerprint density at radius 3 is 2.65 bits per heavy atom. The molecule has 1 aliphatic heterocycles. The van der Waals surface area contributed by atoms with Crippen LogP contribution >= 0.6 is 22.9 Å². The summed E-state index contributed by atoms with van der Waals surface area (Å²) >= 11 is 7.69. The Hall–Kier alpha value is -2.32. The molecule has 1 aromatic heterocycles. The molecule has 3 aromatic rings. The summed E-state index contributed by atoms with van der Waals surface area (Å²) in [5.74, 6) is -0.572. The molecule has 0 spiro atoms. The van der Waals surface area contributed by atoms with Gasteiger partial charge in [-0.2, -0.15) is 0 Å². The van der Waals surface area contributed by atoms with Gasteiger partial charge in [0.1, 0.15) is 10.8 Å². The van der Waals surface area contributed by atoms with Crippen LogP contribution in [0.1, 0.15) is 12.6 Å². The highest BCUT2D eigenvalue weighted by molar-refractivity contribution is 7.13. The number of nitrogens with zero attached hydrogens (tertiary/aromatic N) is 3. The molecule has 5 nitrogen and oxygen atoms in total. The standard InChI is InChI=1S/C23H24ClFN4OS/c1-16(22(30)27-21-8-7-18(25)13-20(21)24)29-11-9-28(10-12-29)14-19-15-31-23(26-19)17-5-3-2-4-6-17/h2-8,13,15-16H,9-12,14H2,1H3,(H,27,30)/t16-/m1/s1. The van der Waals surface area contributed by atoms with E-state index in [0.717, 1.165) is 49.0 Å². The smallest absolute Gasteiger partial charge is 0.241 e. The van der Waals surface area contributed by atoms with Crippen molar-refractivity contribution in [3.05, 3.63) is 70.4 Å². The van der Waals surface area contributed by atoms with Gasteiger partial charge in [0.05, 0.1) is 22.4 Å². The Kier molecular flexibility index (Phi) is 6.97. The highest BCUT2D eigenvalue weighted by atomic mass is 35.5. The van der Waals surface area contributed by atoms with Gasteiger partial charge in [0, 0.05) is 43.7 Å². The molecule has 1 N–H and O–H groups in total. The normalized spacial score (nSPS) is 16.2. The van der Waals surface area contributed by atoms with Crippen molar-refractivity contribution in [3.63, 3.8) is 0 Å². The van der Waals surface area contributed by atoms with E-state index < -0.39 is 5.82 Å². The van der Waals surface area contributed by atoms with Crippen LogP contribution in [0.5, 0.6) is 0 Å². The number of piperazine rings is 1. The zero-order valence-corrected chi connectivity index (χ0v) is 18.8. The van der Waals surface area contributed by atoms with E-state index >= 15 is 0 Å². The lowest BCUT2D eigenvalue weighted by atomic mass is 10.2. The number of amides is 1. The van der Waals surface area contributed by atoms with Crippen LogP contribution in [0, 0.1) is 5.82 Å². The molecule has 1 fully saturated rings. The summed E-state index contributed by atoms with van der Waals surface area (Å²) in [5, 5.41) is 6.16. The number of rotatable bonds is 6. The number of carbonyl (C=O) groups excluding carboxylic acids is 1. The number of nitrogens with one attached hydrogen (secondary N) is 1. The average Bonchev–Trinajstić information content (AvgIpc) is 3.25. The fourth-order valence-corrected chi connectivity index (χ4v) is 4.66. The van der Waals surface area contributed by atoms with E-state index in [1.807, 2.05) is 25.1 Å². The Bertz CT molecular complexity index is 1040. The summed E-state index contributed by atoms with van der Waals surface area (Å²) < 4.78 is 13.2. The number of benzene rings is 2. The Labute approximate surface area is 190 Å². The molecule has 0 saturated carbocycles. The Morgan fingerprint density at radius 1 is 1.19 bits per heavy atom. The van der Waals surface area contributed by atoms with Crippen molar-refractivity contribution in [3.8, 4) is 10.6 Å². The van der Waals surface area contributed by atoms with Crippen molar-refractivity contribution in [2.24, 2.45) is 0 Å². The molecule has 1 aliphatic rings. The van der Waals surface area contributed by atoms with Gasteiger partial charge in [0.15, 0.2) is 0 Å². The van der Waals surface area contributed by atoms with Crippen LogP contribution in [0.3, 0.4) is 0 Å². The Morgan fingerprint density at radius 2 is 1.94 bits per heavy atom. The summed E-state index contributed by atoms with van der Waals surface area (Å²) in [5.41, 5.74) is 2.65. The van der Waals surface area contributed by atoms with Gasteiger partial charge in [-0.25, -0.2) is 9.37 Å². The van der Waals surface area contributed by atoms with E-state index in [1.165, 1.54) is 18.2 Å². The van der Waals surface area contributed by atoms with E-state index in [9.17, 15) is 9.18 Å². The van der Waals surface area contributed by atoms with Gasteiger partial charge in [-0.05, 0) is 25.1 Å². The number of carbonyl (C=O) groups is 1. The first-order valence-corrected chi connectivity index (χ1v) is 11.5. The van der Waals surface area contributed by atoms with E-state index in [-0.39, 0.29) is 17.0 Å². The molecule has 8 heteroatoms. The van der Waals surface area contributed by atoms with Gasteiger partial charge in [-0.3, -0.25) is 14.6 Å². The third-order valence-electron chi connectivity index (χ3n) is 5.48. The monoisotopic (exact) mass is 458 g/mol. The van der Waals surface area contributed by atoms with Crippen LogP contribution in [0.4, 0.5) is 10.1 Å². The van der Waals surface area contributed by atoms with Crippen molar-refractivity contribution in [1.29, 1.82) is 0 Å². The highest BCUT2D eigenvalue weighted by Crippen LogP contribution is 2.25. The zero-order valence-electron chi connectivity index (χ0n) is 17.2. The fraction of sp³-hybridized carbons (Fsp3) is 0.304. The maximum Gasteiger partial charge on any atom is 0.241 e. The maximum absolute atomic E-state index is 13.2. The van der Waals surface area contributed by atoms with Gasteiger partial charge in [-0.15, -0.1) is 11.3 Å². The molecule has 1 saturated heterocycles. The maximum atomic E-state index is 13.2. The fourth-order valence-electron chi connectivity index (χ4n) is 3.62. The quantitative estimate of drug-likeness (QED) is 0.579. The number of hydrogen-bond donors (Lipinski definition) is 1. The number of thiazole rings is 1. The van der Waals surface area contributed by atoms with Gasteiger partial charge in [0.2, 0.25) is 5.91 Å². The van der Waals surface area contributed by atoms with E-state index in [4.69, 9.17) is 16.6 Å². The molecule has 2 aromatic carbocycles. The molecule has 0 radical (unpaired) electrons. The lowest BCUT2D eigenvalue weighted by Gasteiger charge is -2.37. The molecule has 31 heavy (non-hydrogen) atoms. The number of hydrogen-bond acceptors (Lipinski definition) is 5. The largest absolute Gasteiger partial charge is 0.323 e. The molecule has 1 atom stereocenters. The second kappa shape index (κ2) is 9.87. The molecule has 1 amide bonds. The van der Waals surface area contributed by atoms with Crippen molar-refractivity contribution in [2.75, 3.05) is 31.5 Å². The van der Waals surface area contributed by atoms with Gasteiger partial charge in [-0.1, -0.05) is 41.9 Å². The minimum atomic E-state index is -0.428. The molecule has 0 unspecified atom stereocenters. The van der Waals surface area contributed by atoms with Crippen molar-refractivity contribution < 1.29 is 9.18 Å². The topological polar surface area (TPSA) is 48.5 Å². The second-order valence-electron chi connectivity index (χ2n) is 7.61. The van der Waals surface area contributed by atoms with Crippen LogP contribution in [0.25, 0.3) is 10.6 Å². The first kappa shape index (κ1) is 21.9. The predicted molar refractivity (Wildman–Crippen MR) is 124 cm³/mol. The summed E-state index contributed by atoms with van der Waals surface area (Å²) in [7, 11) is 0. The summed E-state index contributed by atoms with van der Waals surface area (Å²) in [6.07, 6.45) is 0. The van der Waals surface area contributed by atoms with Gasteiger partial charge in [0.25, 0.3) is 0 Å². The first-order valence-electron chi connectivity index (χ1n) is 10.2. The molecular formula is C23H24ClFN4OS. The van der Waals surface area contributed by atoms with E-state index in [2.05, 4.69) is 32.6 Å². The summed E-state index contributed by atoms with van der Waals surface area (Å²) in [4.78, 5) is 21.9. The number of anilines is 1. The molecule has 4 rings (SSSR count). The molecule has 162 valence electrons. The first-order chi connectivity index (χ1) is 15.0. The molecule has 0 aliphatic carbocycles. The Balaban J connectivity index is 1.28. The molecular weight excluding hydrogens is 435 g/mol. The molecule has 2 heterocycles. The third kappa shape index (κ3) is 5.49. The van der Waals surface area contributed by atoms with Crippen molar-refractivity contribution in [1.82, 2.24) is 14.8 Å². The van der Waals surface area contributed by atoms with Crippen LogP contribution in [0.15, 0.2) is 53.9 Å². The van der Waals surface area contributed by atoms with E-state index in [1.54, 1.807) is 11.3 Å². The molecule has 0 bridgehead atoms. The number of aromatic nitrogens is 1.